The molecule has 0 heterocycles. The molecule has 4 amide bonds. The fraction of sp³-hybridized carbons (Fsp3) is 0.129. The summed E-state index contributed by atoms with van der Waals surface area (Å²) >= 11 is 0. The van der Waals surface area contributed by atoms with Crippen LogP contribution in [0.2, 0.25) is 0 Å². The van der Waals surface area contributed by atoms with Crippen LogP contribution in [0.3, 0.4) is 0 Å². The van der Waals surface area contributed by atoms with E-state index in [1.54, 1.807) is 0 Å². The van der Waals surface area contributed by atoms with Crippen LogP contribution in [0.25, 0.3) is 11.1 Å². The minimum absolute atomic E-state index is 0.199. The maximum atomic E-state index is 13.5. The fourth-order valence-electron chi connectivity index (χ4n) is 8.86. The van der Waals surface area contributed by atoms with Gasteiger partial charge in [-0.15, -0.1) is 0 Å². The minimum atomic E-state index is -0.199. The lowest BCUT2D eigenvalue weighted by molar-refractivity contribution is 0.101. The van der Waals surface area contributed by atoms with Crippen molar-refractivity contribution in [1.29, 1.82) is 0 Å². The number of hydrogen-bond acceptors (Lipinski definition) is 4. The van der Waals surface area contributed by atoms with E-state index in [-0.39, 0.29) is 23.6 Å². The zero-order valence-electron chi connectivity index (χ0n) is 40.8. The lowest BCUT2D eigenvalue weighted by Gasteiger charge is -2.20. The number of carbonyl (C=O) groups is 4. The van der Waals surface area contributed by atoms with E-state index in [0.717, 1.165) is 77.9 Å². The van der Waals surface area contributed by atoms with Crippen LogP contribution in [-0.4, -0.2) is 23.6 Å². The quantitative estimate of drug-likeness (QED) is 0.0913. The topological polar surface area (TPSA) is 116 Å². The van der Waals surface area contributed by atoms with Gasteiger partial charge in [-0.05, 0) is 184 Å². The Morgan fingerprint density at radius 1 is 0.257 bits per heavy atom. The molecule has 0 atom stereocenters. The first-order valence-electron chi connectivity index (χ1n) is 23.3. The van der Waals surface area contributed by atoms with Crippen LogP contribution in [0.4, 0.5) is 22.7 Å². The van der Waals surface area contributed by atoms with Crippen molar-refractivity contribution in [1.82, 2.24) is 0 Å². The summed E-state index contributed by atoms with van der Waals surface area (Å²) < 4.78 is 0. The third-order valence-electron chi connectivity index (χ3n) is 12.5. The van der Waals surface area contributed by atoms with Gasteiger partial charge in [0, 0.05) is 45.0 Å². The summed E-state index contributed by atoms with van der Waals surface area (Å²) in [5, 5.41) is 12.3. The molecule has 4 N–H and O–H groups in total. The highest BCUT2D eigenvalue weighted by atomic mass is 16.2. The van der Waals surface area contributed by atoms with E-state index >= 15 is 0 Å². The highest BCUT2D eigenvalue weighted by Crippen LogP contribution is 2.39. The lowest BCUT2D eigenvalue weighted by atomic mass is 9.85. The van der Waals surface area contributed by atoms with Crippen molar-refractivity contribution in [3.63, 3.8) is 0 Å². The van der Waals surface area contributed by atoms with Crippen LogP contribution < -0.4 is 21.3 Å². The van der Waals surface area contributed by atoms with E-state index in [4.69, 9.17) is 0 Å². The van der Waals surface area contributed by atoms with Gasteiger partial charge in [-0.25, -0.2) is 0 Å². The monoisotopic (exact) mass is 920 g/mol. The van der Waals surface area contributed by atoms with Crippen molar-refractivity contribution >= 4 is 57.5 Å². The van der Waals surface area contributed by atoms with Crippen LogP contribution in [0, 0.1) is 55.4 Å². The second-order valence-electron chi connectivity index (χ2n) is 18.1. The number of rotatable bonds is 12. The summed E-state index contributed by atoms with van der Waals surface area (Å²) in [6.07, 6.45) is 0. The molecule has 8 aromatic carbocycles. The van der Waals surface area contributed by atoms with Gasteiger partial charge in [0.25, 0.3) is 23.6 Å². The van der Waals surface area contributed by atoms with Crippen molar-refractivity contribution in [3.05, 3.63) is 259 Å². The molecule has 0 saturated carbocycles. The van der Waals surface area contributed by atoms with Gasteiger partial charge in [0.15, 0.2) is 0 Å². The molecule has 0 saturated heterocycles. The molecule has 8 nitrogen and oxygen atoms in total. The Hall–Kier alpha value is -8.62. The third-order valence-corrected chi connectivity index (χ3v) is 12.5. The third kappa shape index (κ3) is 11.0. The molecule has 0 aliphatic heterocycles. The molecule has 0 unspecified atom stereocenters. The molecular formula is C62H56N4O4. The van der Waals surface area contributed by atoms with Crippen LogP contribution in [0.1, 0.15) is 108 Å². The molecular weight excluding hydrogens is 865 g/mol. The maximum absolute atomic E-state index is 13.5. The Morgan fingerprint density at radius 2 is 0.443 bits per heavy atom. The van der Waals surface area contributed by atoms with Crippen molar-refractivity contribution in [2.24, 2.45) is 0 Å². The zero-order valence-corrected chi connectivity index (χ0v) is 40.8. The van der Waals surface area contributed by atoms with E-state index in [9.17, 15) is 19.2 Å². The summed E-state index contributed by atoms with van der Waals surface area (Å²) in [5.41, 5.74) is 18.0. The van der Waals surface area contributed by atoms with Crippen LogP contribution in [0.15, 0.2) is 170 Å². The molecule has 0 aliphatic rings. The second-order valence-corrected chi connectivity index (χ2v) is 18.1. The zero-order chi connectivity index (χ0) is 49.6. The van der Waals surface area contributed by atoms with Gasteiger partial charge in [-0.3, -0.25) is 19.2 Å². The Balaban J connectivity index is 1.22. The average molecular weight is 921 g/mol. The first-order chi connectivity index (χ1) is 33.6. The van der Waals surface area contributed by atoms with Gasteiger partial charge in [0.05, 0.1) is 0 Å². The van der Waals surface area contributed by atoms with Crippen LogP contribution in [0.5, 0.6) is 0 Å². The molecule has 0 aromatic heterocycles. The molecule has 8 aromatic rings. The lowest BCUT2D eigenvalue weighted by Crippen LogP contribution is -2.14. The predicted molar refractivity (Wildman–Crippen MR) is 286 cm³/mol. The number of benzene rings is 8. The van der Waals surface area contributed by atoms with Gasteiger partial charge in [0.1, 0.15) is 0 Å². The molecule has 0 aliphatic carbocycles. The van der Waals surface area contributed by atoms with Crippen molar-refractivity contribution < 1.29 is 19.2 Å². The molecule has 8 heteroatoms. The Kier molecular flexibility index (Phi) is 14.2. The SMILES string of the molecule is Cc1ccc(C(=O)Nc2ccc(C(=C(c3ccc(NC(=O)c4ccc(C)cc4C)cc3)c3ccc(NC(=O)c4ccc(C)cc4C)cc3)c3ccc(NC(=O)c4ccc(C)cc4C)cc3)cc2)c(C)c1. The number of nitrogens with one attached hydrogen (secondary N) is 4. The Morgan fingerprint density at radius 3 is 0.614 bits per heavy atom. The first kappa shape index (κ1) is 47.9. The number of hydrogen-bond donors (Lipinski definition) is 4. The molecule has 0 spiro atoms. The average Bonchev–Trinajstić information content (AvgIpc) is 3.32. The van der Waals surface area contributed by atoms with Gasteiger partial charge in [-0.1, -0.05) is 119 Å². The van der Waals surface area contributed by atoms with Crippen LogP contribution >= 0.6 is 0 Å². The maximum Gasteiger partial charge on any atom is 0.255 e. The highest BCUT2D eigenvalue weighted by molar-refractivity contribution is 6.09. The Bertz CT molecular complexity index is 2890. The number of aryl methyl sites for hydroxylation is 8. The summed E-state index contributed by atoms with van der Waals surface area (Å²) in [6.45, 7) is 15.7. The van der Waals surface area contributed by atoms with Gasteiger partial charge >= 0.3 is 0 Å². The molecule has 0 bridgehead atoms. The van der Waals surface area contributed by atoms with Crippen molar-refractivity contribution in [2.75, 3.05) is 21.3 Å². The summed E-state index contributed by atoms with van der Waals surface area (Å²) in [7, 11) is 0. The first-order valence-corrected chi connectivity index (χ1v) is 23.3. The second kappa shape index (κ2) is 20.7. The largest absolute Gasteiger partial charge is 0.322 e. The number of amides is 4. The highest BCUT2D eigenvalue weighted by Gasteiger charge is 2.20. The van der Waals surface area contributed by atoms with Crippen molar-refractivity contribution in [3.8, 4) is 0 Å². The smallest absolute Gasteiger partial charge is 0.255 e. The number of anilines is 4. The van der Waals surface area contributed by atoms with E-state index < -0.39 is 0 Å². The summed E-state index contributed by atoms with van der Waals surface area (Å²) in [5.74, 6) is -0.798. The van der Waals surface area contributed by atoms with Gasteiger partial charge in [0.2, 0.25) is 0 Å². The molecule has 0 radical (unpaired) electrons. The van der Waals surface area contributed by atoms with Gasteiger partial charge in [-0.2, -0.15) is 0 Å². The standard InChI is InChI=1S/C62H56N4O4/c1-37-9-29-53(41(5)33-37)59(67)63-49-21-13-45(14-22-49)57(46-15-23-50(24-16-46)64-60(68)54-30-10-38(2)34-42(54)6)58(47-17-25-51(26-18-47)65-61(69)55-31-11-39(3)35-43(55)7)48-19-27-52(28-20-48)66-62(70)56-32-12-40(4)36-44(56)8/h9-36H,1-8H3,(H,63,67)(H,64,68)(H,65,69)(H,66,70). The molecule has 348 valence electrons. The predicted octanol–water partition coefficient (Wildman–Crippen LogP) is 14.2. The van der Waals surface area contributed by atoms with E-state index in [1.807, 2.05) is 225 Å². The van der Waals surface area contributed by atoms with Crippen molar-refractivity contribution in [2.45, 2.75) is 55.4 Å². The molecule has 0 fully saturated rings. The summed E-state index contributed by atoms with van der Waals surface area (Å²) in [4.78, 5) is 54.0. The normalized spacial score (nSPS) is 10.8. The fourth-order valence-corrected chi connectivity index (χ4v) is 8.86. The van der Waals surface area contributed by atoms with E-state index in [0.29, 0.717) is 45.0 Å². The molecule has 8 rings (SSSR count). The molecule has 70 heavy (non-hydrogen) atoms. The number of carbonyl (C=O) groups excluding carboxylic acids is 4. The van der Waals surface area contributed by atoms with Gasteiger partial charge < -0.3 is 21.3 Å². The Labute approximate surface area is 410 Å². The van der Waals surface area contributed by atoms with E-state index in [2.05, 4.69) is 21.3 Å². The summed E-state index contributed by atoms with van der Waals surface area (Å²) in [6, 6.07) is 54.1. The van der Waals surface area contributed by atoms with Crippen LogP contribution in [-0.2, 0) is 0 Å². The van der Waals surface area contributed by atoms with E-state index in [1.165, 1.54) is 0 Å². The minimum Gasteiger partial charge on any atom is -0.322 e.